The number of amides is 4. The number of nitrogens with zero attached hydrogens (tertiary/aromatic N) is 2. The zero-order chi connectivity index (χ0) is 15.4. The van der Waals surface area contributed by atoms with Gasteiger partial charge in [0.15, 0.2) is 0 Å². The third kappa shape index (κ3) is 1.72. The Hall–Kier alpha value is -2.77. The molecule has 0 radical (unpaired) electrons. The highest BCUT2D eigenvalue weighted by molar-refractivity contribution is 6.31. The zero-order valence-corrected chi connectivity index (χ0v) is 11.1. The number of urea groups is 1. The average Bonchev–Trinajstić information content (AvgIpc) is 3.20. The van der Waals surface area contributed by atoms with Gasteiger partial charge in [0.25, 0.3) is 11.6 Å². The van der Waals surface area contributed by atoms with E-state index in [4.69, 9.17) is 0 Å². The number of nitrogens with one attached hydrogen (secondary N) is 1. The van der Waals surface area contributed by atoms with Gasteiger partial charge in [0.1, 0.15) is 5.41 Å². The van der Waals surface area contributed by atoms with Crippen LogP contribution in [0.25, 0.3) is 0 Å². The van der Waals surface area contributed by atoms with Gasteiger partial charge in [-0.2, -0.15) is 0 Å². The van der Waals surface area contributed by atoms with Gasteiger partial charge in [0.2, 0.25) is 5.91 Å². The first-order valence-electron chi connectivity index (χ1n) is 6.32. The van der Waals surface area contributed by atoms with Gasteiger partial charge in [-0.15, -0.1) is 0 Å². The highest BCUT2D eigenvalue weighted by atomic mass is 16.6. The third-order valence-corrected chi connectivity index (χ3v) is 3.93. The minimum Gasteiger partial charge on any atom is -0.276 e. The van der Waals surface area contributed by atoms with E-state index in [9.17, 15) is 24.5 Å². The molecule has 21 heavy (non-hydrogen) atoms. The highest BCUT2D eigenvalue weighted by Gasteiger charge is 2.62. The first-order chi connectivity index (χ1) is 9.88. The lowest BCUT2D eigenvalue weighted by atomic mass is 10.0. The fourth-order valence-corrected chi connectivity index (χ4v) is 2.51. The molecule has 0 bridgehead atoms. The number of hydrogen-bond donors (Lipinski definition) is 1. The van der Waals surface area contributed by atoms with Crippen molar-refractivity contribution in [1.82, 2.24) is 5.32 Å². The predicted molar refractivity (Wildman–Crippen MR) is 70.5 cm³/mol. The van der Waals surface area contributed by atoms with E-state index in [1.807, 2.05) is 0 Å². The van der Waals surface area contributed by atoms with Crippen LogP contribution in [0, 0.1) is 22.5 Å². The molecule has 2 aliphatic rings. The molecule has 4 amide bonds. The molecular formula is C13H11N3O5. The topological polar surface area (TPSA) is 110 Å². The summed E-state index contributed by atoms with van der Waals surface area (Å²) in [5, 5.41) is 13.1. The SMILES string of the molecule is Cc1c(N2C(=O)NC(=O)C3(CC3)C2=O)cccc1[N+](=O)[O-]. The second-order valence-electron chi connectivity index (χ2n) is 5.16. The Kier molecular flexibility index (Phi) is 2.59. The molecule has 8 heteroatoms. The molecule has 1 N–H and O–H groups in total. The van der Waals surface area contributed by atoms with Crippen LogP contribution in [0.2, 0.25) is 0 Å². The summed E-state index contributed by atoms with van der Waals surface area (Å²) in [4.78, 5) is 47.4. The van der Waals surface area contributed by atoms with Gasteiger partial charge in [-0.1, -0.05) is 6.07 Å². The zero-order valence-electron chi connectivity index (χ0n) is 11.1. The molecule has 1 saturated heterocycles. The fourth-order valence-electron chi connectivity index (χ4n) is 2.51. The van der Waals surface area contributed by atoms with Crippen molar-refractivity contribution in [3.63, 3.8) is 0 Å². The van der Waals surface area contributed by atoms with E-state index in [0.717, 1.165) is 4.90 Å². The van der Waals surface area contributed by atoms with E-state index in [1.165, 1.54) is 25.1 Å². The Labute approximate surface area is 118 Å². The minimum absolute atomic E-state index is 0.130. The van der Waals surface area contributed by atoms with Crippen LogP contribution in [0.4, 0.5) is 16.2 Å². The molecule has 1 aliphatic carbocycles. The Bertz CT molecular complexity index is 708. The van der Waals surface area contributed by atoms with Crippen LogP contribution in [-0.2, 0) is 9.59 Å². The Balaban J connectivity index is 2.10. The molecule has 0 unspecified atom stereocenters. The molecule has 0 aromatic heterocycles. The number of benzene rings is 1. The van der Waals surface area contributed by atoms with E-state index in [-0.39, 0.29) is 16.9 Å². The molecule has 1 aromatic carbocycles. The molecule has 1 aliphatic heterocycles. The molecule has 1 heterocycles. The summed E-state index contributed by atoms with van der Waals surface area (Å²) in [5.74, 6) is -1.20. The Morgan fingerprint density at radius 2 is 1.95 bits per heavy atom. The number of anilines is 1. The summed E-state index contributed by atoms with van der Waals surface area (Å²) in [6.07, 6.45) is 0.769. The second-order valence-corrected chi connectivity index (χ2v) is 5.16. The molecule has 1 aromatic rings. The lowest BCUT2D eigenvalue weighted by molar-refractivity contribution is -0.385. The van der Waals surface area contributed by atoms with Gasteiger partial charge in [-0.05, 0) is 25.8 Å². The van der Waals surface area contributed by atoms with Crippen LogP contribution < -0.4 is 10.2 Å². The van der Waals surface area contributed by atoms with Gasteiger partial charge in [0, 0.05) is 6.07 Å². The Morgan fingerprint density at radius 3 is 2.52 bits per heavy atom. The second kappa shape index (κ2) is 4.11. The van der Waals surface area contributed by atoms with Gasteiger partial charge < -0.3 is 0 Å². The number of hydrogen-bond acceptors (Lipinski definition) is 5. The van der Waals surface area contributed by atoms with E-state index in [1.54, 1.807) is 0 Å². The number of rotatable bonds is 2. The molecule has 1 saturated carbocycles. The number of imide groups is 2. The van der Waals surface area contributed by atoms with Crippen molar-refractivity contribution >= 4 is 29.2 Å². The van der Waals surface area contributed by atoms with Crippen LogP contribution in [0.1, 0.15) is 18.4 Å². The lowest BCUT2D eigenvalue weighted by Crippen LogP contribution is -2.59. The maximum Gasteiger partial charge on any atom is 0.335 e. The molecule has 8 nitrogen and oxygen atoms in total. The number of carbonyl (C=O) groups excluding carboxylic acids is 3. The van der Waals surface area contributed by atoms with Crippen molar-refractivity contribution in [3.05, 3.63) is 33.9 Å². The standard InChI is InChI=1S/C13H11N3O5/c1-7-8(3-2-4-9(7)16(20)21)15-11(18)13(5-6-13)10(17)14-12(15)19/h2-4H,5-6H2,1H3,(H,14,17,19). The van der Waals surface area contributed by atoms with Crippen LogP contribution in [0.5, 0.6) is 0 Å². The van der Waals surface area contributed by atoms with Crippen LogP contribution in [-0.4, -0.2) is 22.8 Å². The lowest BCUT2D eigenvalue weighted by Gasteiger charge is -2.30. The average molecular weight is 289 g/mol. The Morgan fingerprint density at radius 1 is 1.29 bits per heavy atom. The first-order valence-corrected chi connectivity index (χ1v) is 6.32. The number of nitro groups is 1. The van der Waals surface area contributed by atoms with Crippen LogP contribution in [0.3, 0.4) is 0 Å². The molecule has 1 spiro atoms. The highest BCUT2D eigenvalue weighted by Crippen LogP contribution is 2.50. The molecule has 0 atom stereocenters. The summed E-state index contributed by atoms with van der Waals surface area (Å²) in [7, 11) is 0. The van der Waals surface area contributed by atoms with Gasteiger partial charge >= 0.3 is 6.03 Å². The quantitative estimate of drug-likeness (QED) is 0.501. The van der Waals surface area contributed by atoms with E-state index in [2.05, 4.69) is 5.32 Å². The molecule has 2 fully saturated rings. The van der Waals surface area contributed by atoms with Crippen LogP contribution >= 0.6 is 0 Å². The summed E-state index contributed by atoms with van der Waals surface area (Å²) < 4.78 is 0. The monoisotopic (exact) mass is 289 g/mol. The van der Waals surface area contributed by atoms with Gasteiger partial charge in [0.05, 0.1) is 16.2 Å². The largest absolute Gasteiger partial charge is 0.335 e. The molecular weight excluding hydrogens is 278 g/mol. The third-order valence-electron chi connectivity index (χ3n) is 3.93. The predicted octanol–water partition coefficient (Wildman–Crippen LogP) is 1.27. The van der Waals surface area contributed by atoms with Crippen LogP contribution in [0.15, 0.2) is 18.2 Å². The van der Waals surface area contributed by atoms with Crippen molar-refractivity contribution in [3.8, 4) is 0 Å². The smallest absolute Gasteiger partial charge is 0.276 e. The van der Waals surface area contributed by atoms with E-state index in [0.29, 0.717) is 12.8 Å². The van der Waals surface area contributed by atoms with Crippen molar-refractivity contribution in [2.24, 2.45) is 5.41 Å². The van der Waals surface area contributed by atoms with Crippen molar-refractivity contribution in [2.75, 3.05) is 4.90 Å². The van der Waals surface area contributed by atoms with Crippen molar-refractivity contribution < 1.29 is 19.3 Å². The fraction of sp³-hybridized carbons (Fsp3) is 0.308. The number of barbiturate groups is 1. The summed E-state index contributed by atoms with van der Waals surface area (Å²) in [5.41, 5.74) is -1.03. The van der Waals surface area contributed by atoms with Gasteiger partial charge in [-0.25, -0.2) is 9.69 Å². The first kappa shape index (κ1) is 13.2. The van der Waals surface area contributed by atoms with Crippen molar-refractivity contribution in [2.45, 2.75) is 19.8 Å². The maximum atomic E-state index is 12.4. The summed E-state index contributed by atoms with van der Waals surface area (Å²) in [6, 6.07) is 3.28. The van der Waals surface area contributed by atoms with E-state index >= 15 is 0 Å². The maximum absolute atomic E-state index is 12.4. The number of carbonyl (C=O) groups is 3. The number of nitro benzene ring substituents is 1. The minimum atomic E-state index is -1.18. The normalized spacial score (nSPS) is 19.7. The van der Waals surface area contributed by atoms with E-state index < -0.39 is 28.2 Å². The molecule has 3 rings (SSSR count). The molecule has 108 valence electrons. The summed E-state index contributed by atoms with van der Waals surface area (Å²) in [6.45, 7) is 1.46. The summed E-state index contributed by atoms with van der Waals surface area (Å²) >= 11 is 0. The van der Waals surface area contributed by atoms with Gasteiger partial charge in [-0.3, -0.25) is 25.0 Å². The van der Waals surface area contributed by atoms with Crippen molar-refractivity contribution in [1.29, 1.82) is 0 Å².